The highest BCUT2D eigenvalue weighted by atomic mass is 16.5. The van der Waals surface area contributed by atoms with Crippen molar-refractivity contribution in [2.45, 2.75) is 26.6 Å². The van der Waals surface area contributed by atoms with Gasteiger partial charge in [-0.3, -0.25) is 4.79 Å². The number of ketones is 1. The second-order valence-electron chi connectivity index (χ2n) is 3.87. The molecule has 0 fully saturated rings. The van der Waals surface area contributed by atoms with Crippen LogP contribution in [-0.2, 0) is 16.1 Å². The lowest BCUT2D eigenvalue weighted by molar-refractivity contribution is -0.149. The molecule has 1 aromatic carbocycles. The van der Waals surface area contributed by atoms with Gasteiger partial charge < -0.3 is 14.6 Å². The number of ether oxygens (including phenoxy) is 2. The fourth-order valence-electron chi connectivity index (χ4n) is 1.40. The second-order valence-corrected chi connectivity index (χ2v) is 3.87. The molecule has 0 aliphatic heterocycles. The maximum Gasteiger partial charge on any atom is 0.332 e. The van der Waals surface area contributed by atoms with E-state index in [4.69, 9.17) is 14.6 Å². The third kappa shape index (κ3) is 3.56. The molecule has 1 N–H and O–H groups in total. The van der Waals surface area contributed by atoms with Gasteiger partial charge in [-0.05, 0) is 32.0 Å². The molecule has 0 aromatic heterocycles. The van der Waals surface area contributed by atoms with E-state index in [1.54, 1.807) is 18.2 Å². The highest BCUT2D eigenvalue weighted by Gasteiger charge is 2.13. The minimum Gasteiger partial charge on any atom is -0.496 e. The number of hydrogen-bond acceptors (Lipinski definition) is 4. The molecule has 0 unspecified atom stereocenters. The van der Waals surface area contributed by atoms with Crippen LogP contribution in [0.3, 0.4) is 0 Å². The Bertz CT molecular complexity index is 453. The van der Waals surface area contributed by atoms with Crippen molar-refractivity contribution in [1.82, 2.24) is 0 Å². The van der Waals surface area contributed by atoms with Crippen LogP contribution in [0.4, 0.5) is 0 Å². The van der Waals surface area contributed by atoms with Crippen molar-refractivity contribution in [2.75, 3.05) is 7.11 Å². The van der Waals surface area contributed by atoms with Crippen LogP contribution in [0.25, 0.3) is 0 Å². The van der Waals surface area contributed by atoms with Crippen molar-refractivity contribution in [2.24, 2.45) is 0 Å². The van der Waals surface area contributed by atoms with Crippen molar-refractivity contribution in [3.8, 4) is 5.75 Å². The molecule has 1 rings (SSSR count). The van der Waals surface area contributed by atoms with Crippen LogP contribution < -0.4 is 4.74 Å². The number of carbonyl (C=O) groups excluding carboxylic acids is 1. The number of hydrogen-bond donors (Lipinski definition) is 1. The van der Waals surface area contributed by atoms with Gasteiger partial charge in [0.05, 0.1) is 13.7 Å². The summed E-state index contributed by atoms with van der Waals surface area (Å²) in [6.07, 6.45) is -0.907. The number of aliphatic carboxylic acids is 1. The molecule has 1 aromatic rings. The van der Waals surface area contributed by atoms with Crippen LogP contribution in [0.2, 0.25) is 0 Å². The maximum absolute atomic E-state index is 11.3. The molecule has 5 heteroatoms. The first-order valence-corrected chi connectivity index (χ1v) is 5.48. The Morgan fingerprint density at radius 2 is 2.06 bits per heavy atom. The average Bonchev–Trinajstić information content (AvgIpc) is 2.35. The fourth-order valence-corrected chi connectivity index (χ4v) is 1.40. The average molecular weight is 252 g/mol. The van der Waals surface area contributed by atoms with Crippen LogP contribution >= 0.6 is 0 Å². The first-order chi connectivity index (χ1) is 8.45. The minimum absolute atomic E-state index is 0.0646. The van der Waals surface area contributed by atoms with E-state index in [0.717, 1.165) is 0 Å². The van der Waals surface area contributed by atoms with Gasteiger partial charge in [0.2, 0.25) is 0 Å². The van der Waals surface area contributed by atoms with Crippen LogP contribution in [0.1, 0.15) is 29.8 Å². The number of methoxy groups -OCH3 is 1. The summed E-state index contributed by atoms with van der Waals surface area (Å²) in [7, 11) is 1.51. The summed E-state index contributed by atoms with van der Waals surface area (Å²) in [5, 5.41) is 8.72. The first kappa shape index (κ1) is 14.2. The summed E-state index contributed by atoms with van der Waals surface area (Å²) >= 11 is 0. The van der Waals surface area contributed by atoms with E-state index in [0.29, 0.717) is 16.9 Å². The largest absolute Gasteiger partial charge is 0.496 e. The zero-order valence-electron chi connectivity index (χ0n) is 10.6. The molecule has 0 saturated carbocycles. The van der Waals surface area contributed by atoms with E-state index in [1.807, 2.05) is 0 Å². The third-order valence-corrected chi connectivity index (χ3v) is 2.52. The topological polar surface area (TPSA) is 72.8 Å². The molecular formula is C13H16O5. The molecule has 18 heavy (non-hydrogen) atoms. The van der Waals surface area contributed by atoms with E-state index in [-0.39, 0.29) is 12.4 Å². The van der Waals surface area contributed by atoms with E-state index >= 15 is 0 Å². The molecule has 0 radical (unpaired) electrons. The van der Waals surface area contributed by atoms with Gasteiger partial charge in [0.15, 0.2) is 11.9 Å². The number of Topliss-reactive ketones (excluding diaryl/α,β-unsaturated/α-hetero) is 1. The van der Waals surface area contributed by atoms with Gasteiger partial charge in [-0.2, -0.15) is 0 Å². The molecule has 0 saturated heterocycles. The predicted octanol–water partition coefficient (Wildman–Crippen LogP) is 1.89. The summed E-state index contributed by atoms with van der Waals surface area (Å²) in [6, 6.07) is 4.97. The summed E-state index contributed by atoms with van der Waals surface area (Å²) in [4.78, 5) is 21.9. The summed E-state index contributed by atoms with van der Waals surface area (Å²) in [6.45, 7) is 2.99. The summed E-state index contributed by atoms with van der Waals surface area (Å²) in [5.41, 5.74) is 1.19. The fraction of sp³-hybridized carbons (Fsp3) is 0.385. The van der Waals surface area contributed by atoms with Crippen LogP contribution in [0.15, 0.2) is 18.2 Å². The highest BCUT2D eigenvalue weighted by molar-refractivity contribution is 5.94. The molecule has 0 bridgehead atoms. The standard InChI is InChI=1S/C13H16O5/c1-8(14)10-4-5-12(17-3)11(6-10)7-18-9(2)13(15)16/h4-6,9H,7H2,1-3H3,(H,15,16)/t9-/m1/s1. The van der Waals surface area contributed by atoms with Gasteiger partial charge in [0.1, 0.15) is 5.75 Å². The number of benzene rings is 1. The number of rotatable bonds is 6. The Balaban J connectivity index is 2.88. The predicted molar refractivity (Wildman–Crippen MR) is 64.9 cm³/mol. The number of carboxylic acids is 1. The van der Waals surface area contributed by atoms with Crippen LogP contribution in [-0.4, -0.2) is 30.1 Å². The van der Waals surface area contributed by atoms with Crippen LogP contribution in [0.5, 0.6) is 5.75 Å². The van der Waals surface area contributed by atoms with Gasteiger partial charge >= 0.3 is 5.97 Å². The third-order valence-electron chi connectivity index (χ3n) is 2.52. The van der Waals surface area contributed by atoms with Crippen molar-refractivity contribution >= 4 is 11.8 Å². The number of carboxylic acid groups (broad SMARTS) is 1. The molecule has 98 valence electrons. The SMILES string of the molecule is COc1ccc(C(C)=O)cc1CO[C@H](C)C(=O)O. The van der Waals surface area contributed by atoms with Gasteiger partial charge in [-0.15, -0.1) is 0 Å². The number of carbonyl (C=O) groups is 2. The summed E-state index contributed by atoms with van der Waals surface area (Å²) < 4.78 is 10.3. The monoisotopic (exact) mass is 252 g/mol. The lowest BCUT2D eigenvalue weighted by Gasteiger charge is -2.12. The van der Waals surface area contributed by atoms with E-state index in [9.17, 15) is 9.59 Å². The molecule has 0 spiro atoms. The Hall–Kier alpha value is -1.88. The van der Waals surface area contributed by atoms with Gasteiger partial charge in [-0.1, -0.05) is 0 Å². The molecule has 0 amide bonds. The molecule has 5 nitrogen and oxygen atoms in total. The van der Waals surface area contributed by atoms with Crippen molar-refractivity contribution in [3.05, 3.63) is 29.3 Å². The second kappa shape index (κ2) is 6.16. The Morgan fingerprint density at radius 1 is 1.39 bits per heavy atom. The summed E-state index contributed by atoms with van der Waals surface area (Å²) in [5.74, 6) is -0.528. The molecule has 0 aliphatic carbocycles. The van der Waals surface area contributed by atoms with E-state index in [1.165, 1.54) is 21.0 Å². The van der Waals surface area contributed by atoms with Crippen molar-refractivity contribution < 1.29 is 24.2 Å². The zero-order valence-corrected chi connectivity index (χ0v) is 10.6. The zero-order chi connectivity index (χ0) is 13.7. The van der Waals surface area contributed by atoms with Gasteiger partial charge in [-0.25, -0.2) is 4.79 Å². The maximum atomic E-state index is 11.3. The molecule has 0 aliphatic rings. The van der Waals surface area contributed by atoms with Gasteiger partial charge in [0, 0.05) is 11.1 Å². The van der Waals surface area contributed by atoms with Gasteiger partial charge in [0.25, 0.3) is 0 Å². The Kier molecular flexibility index (Phi) is 4.85. The van der Waals surface area contributed by atoms with Crippen molar-refractivity contribution in [3.63, 3.8) is 0 Å². The molecule has 1 atom stereocenters. The first-order valence-electron chi connectivity index (χ1n) is 5.48. The minimum atomic E-state index is -1.03. The Morgan fingerprint density at radius 3 is 2.56 bits per heavy atom. The van der Waals surface area contributed by atoms with E-state index in [2.05, 4.69) is 0 Å². The lowest BCUT2D eigenvalue weighted by atomic mass is 10.1. The smallest absolute Gasteiger partial charge is 0.332 e. The quantitative estimate of drug-likeness (QED) is 0.783. The molecular weight excluding hydrogens is 236 g/mol. The van der Waals surface area contributed by atoms with Crippen molar-refractivity contribution in [1.29, 1.82) is 0 Å². The molecule has 0 heterocycles. The Labute approximate surface area is 105 Å². The highest BCUT2D eigenvalue weighted by Crippen LogP contribution is 2.21. The lowest BCUT2D eigenvalue weighted by Crippen LogP contribution is -2.19. The van der Waals surface area contributed by atoms with E-state index < -0.39 is 12.1 Å². The van der Waals surface area contributed by atoms with Crippen LogP contribution in [0, 0.1) is 0 Å². The normalized spacial score (nSPS) is 11.9.